The van der Waals surface area contributed by atoms with Gasteiger partial charge in [0.1, 0.15) is 6.07 Å². The third-order valence-electron chi connectivity index (χ3n) is 3.99. The number of pyridine rings is 1. The normalized spacial score (nSPS) is 19.9. The summed E-state index contributed by atoms with van der Waals surface area (Å²) in [6.07, 6.45) is 1.58. The molecule has 1 aliphatic heterocycles. The number of rotatable bonds is 3. The van der Waals surface area contributed by atoms with Crippen molar-refractivity contribution in [1.29, 1.82) is 5.26 Å². The number of nitriles is 1. The van der Waals surface area contributed by atoms with Gasteiger partial charge in [-0.05, 0) is 46.4 Å². The molecule has 1 saturated heterocycles. The minimum absolute atomic E-state index is 0.392. The van der Waals surface area contributed by atoms with E-state index in [1.165, 1.54) is 0 Å². The molecule has 1 fully saturated rings. The fourth-order valence-electron chi connectivity index (χ4n) is 2.05. The van der Waals surface area contributed by atoms with Crippen molar-refractivity contribution in [2.45, 2.75) is 45.4 Å². The van der Waals surface area contributed by atoms with Gasteiger partial charge in [0.05, 0.1) is 22.4 Å². The number of aromatic nitrogens is 1. The summed E-state index contributed by atoms with van der Waals surface area (Å²) in [4.78, 5) is 4.31. The molecule has 2 rings (SSSR count). The lowest BCUT2D eigenvalue weighted by Gasteiger charge is -2.32. The van der Waals surface area contributed by atoms with Crippen LogP contribution in [0.15, 0.2) is 12.3 Å². The summed E-state index contributed by atoms with van der Waals surface area (Å²) < 4.78 is 11.9. The van der Waals surface area contributed by atoms with Crippen LogP contribution in [0.4, 0.5) is 0 Å². The Bertz CT molecular complexity index is 536. The molecule has 5 nitrogen and oxygen atoms in total. The molecule has 6 heteroatoms. The molecule has 0 spiro atoms. The van der Waals surface area contributed by atoms with E-state index in [4.69, 9.17) is 14.6 Å². The summed E-state index contributed by atoms with van der Waals surface area (Å²) in [7, 11) is 1.35. The lowest BCUT2D eigenvalue weighted by atomic mass is 9.83. The Labute approximate surface area is 120 Å². The molecule has 0 bridgehead atoms. The van der Waals surface area contributed by atoms with Crippen molar-refractivity contribution in [3.63, 3.8) is 0 Å². The van der Waals surface area contributed by atoms with Gasteiger partial charge < -0.3 is 14.6 Å². The summed E-state index contributed by atoms with van der Waals surface area (Å²) >= 11 is 0. The molecular weight excluding hydrogens is 253 g/mol. The summed E-state index contributed by atoms with van der Waals surface area (Å²) in [6.45, 7) is 8.63. The zero-order valence-electron chi connectivity index (χ0n) is 12.7. The van der Waals surface area contributed by atoms with Crippen LogP contribution in [0.2, 0.25) is 0 Å². The Hall–Kier alpha value is -1.42. The van der Waals surface area contributed by atoms with Gasteiger partial charge in [-0.1, -0.05) is 0 Å². The van der Waals surface area contributed by atoms with E-state index in [-0.39, 0.29) is 0 Å². The van der Waals surface area contributed by atoms with Gasteiger partial charge in [0.25, 0.3) is 0 Å². The van der Waals surface area contributed by atoms with E-state index in [0.717, 1.165) is 5.56 Å². The minimum Gasteiger partial charge on any atom is -0.398 e. The standard InChI is InChI=1S/C14H20BN3O2/c1-13(2)14(3,4)20-15(19-13)12-6-10(8-17-5)11(7-16)9-18-12/h6,9,17H,8H2,1-5H3. The van der Waals surface area contributed by atoms with Crippen molar-refractivity contribution in [3.8, 4) is 6.07 Å². The van der Waals surface area contributed by atoms with E-state index in [9.17, 15) is 0 Å². The predicted molar refractivity (Wildman–Crippen MR) is 77.4 cm³/mol. The number of hydrogen-bond donors (Lipinski definition) is 1. The first-order valence-electron chi connectivity index (χ1n) is 6.70. The van der Waals surface area contributed by atoms with Crippen LogP contribution in [0.25, 0.3) is 0 Å². The van der Waals surface area contributed by atoms with Crippen LogP contribution in [-0.4, -0.2) is 30.4 Å². The molecule has 0 atom stereocenters. The van der Waals surface area contributed by atoms with E-state index < -0.39 is 18.3 Å². The average molecular weight is 273 g/mol. The van der Waals surface area contributed by atoms with Crippen LogP contribution in [-0.2, 0) is 15.9 Å². The highest BCUT2D eigenvalue weighted by Crippen LogP contribution is 2.36. The second-order valence-electron chi connectivity index (χ2n) is 6.00. The monoisotopic (exact) mass is 273 g/mol. The fourth-order valence-corrected chi connectivity index (χ4v) is 2.05. The van der Waals surface area contributed by atoms with Gasteiger partial charge in [-0.2, -0.15) is 5.26 Å². The molecule has 0 aromatic carbocycles. The predicted octanol–water partition coefficient (Wildman–Crippen LogP) is 0.972. The van der Waals surface area contributed by atoms with Crippen LogP contribution >= 0.6 is 0 Å². The maximum atomic E-state index is 9.09. The molecule has 0 saturated carbocycles. The van der Waals surface area contributed by atoms with Crippen molar-refractivity contribution < 1.29 is 9.31 Å². The Morgan fingerprint density at radius 3 is 2.40 bits per heavy atom. The second kappa shape index (κ2) is 5.17. The van der Waals surface area contributed by atoms with Gasteiger partial charge in [-0.15, -0.1) is 0 Å². The lowest BCUT2D eigenvalue weighted by Crippen LogP contribution is -2.41. The zero-order valence-corrected chi connectivity index (χ0v) is 12.7. The highest BCUT2D eigenvalue weighted by Gasteiger charge is 2.52. The maximum absolute atomic E-state index is 9.09. The Balaban J connectivity index is 2.32. The summed E-state index contributed by atoms with van der Waals surface area (Å²) in [5.74, 6) is 0. The summed E-state index contributed by atoms with van der Waals surface area (Å²) in [5.41, 5.74) is 1.38. The average Bonchev–Trinajstić information content (AvgIpc) is 2.59. The quantitative estimate of drug-likeness (QED) is 0.831. The van der Waals surface area contributed by atoms with Gasteiger partial charge in [0.2, 0.25) is 0 Å². The first-order valence-corrected chi connectivity index (χ1v) is 6.70. The summed E-state index contributed by atoms with van der Waals surface area (Å²) in [6, 6.07) is 4.02. The van der Waals surface area contributed by atoms with Crippen LogP contribution in [0.1, 0.15) is 38.8 Å². The number of hydrogen-bond acceptors (Lipinski definition) is 5. The molecule has 1 aromatic rings. The molecule has 0 aliphatic carbocycles. The minimum atomic E-state index is -0.497. The number of nitrogens with one attached hydrogen (secondary N) is 1. The van der Waals surface area contributed by atoms with Crippen molar-refractivity contribution in [2.24, 2.45) is 0 Å². The van der Waals surface area contributed by atoms with E-state index in [0.29, 0.717) is 17.7 Å². The Morgan fingerprint density at radius 2 is 1.90 bits per heavy atom. The van der Waals surface area contributed by atoms with E-state index in [1.54, 1.807) is 6.20 Å². The molecule has 1 aliphatic rings. The van der Waals surface area contributed by atoms with Gasteiger partial charge in [0, 0.05) is 12.7 Å². The molecule has 20 heavy (non-hydrogen) atoms. The SMILES string of the molecule is CNCc1cc(B2OC(C)(C)C(C)(C)O2)ncc1C#N. The van der Waals surface area contributed by atoms with Gasteiger partial charge >= 0.3 is 7.12 Å². The van der Waals surface area contributed by atoms with E-state index in [2.05, 4.69) is 16.4 Å². The largest absolute Gasteiger partial charge is 0.514 e. The molecule has 0 radical (unpaired) electrons. The third-order valence-corrected chi connectivity index (χ3v) is 3.99. The summed E-state index contributed by atoms with van der Waals surface area (Å²) in [5, 5.41) is 12.1. The molecule has 2 heterocycles. The van der Waals surface area contributed by atoms with Crippen LogP contribution in [0.5, 0.6) is 0 Å². The van der Waals surface area contributed by atoms with Gasteiger partial charge in [0.15, 0.2) is 0 Å². The van der Waals surface area contributed by atoms with Gasteiger partial charge in [-0.25, -0.2) is 0 Å². The highest BCUT2D eigenvalue weighted by molar-refractivity contribution is 6.61. The molecule has 0 amide bonds. The van der Waals surface area contributed by atoms with Crippen LogP contribution in [0.3, 0.4) is 0 Å². The molecule has 1 N–H and O–H groups in total. The number of nitrogens with zero attached hydrogens (tertiary/aromatic N) is 2. The van der Waals surface area contributed by atoms with E-state index >= 15 is 0 Å². The maximum Gasteiger partial charge on any atom is 0.514 e. The second-order valence-corrected chi connectivity index (χ2v) is 6.00. The van der Waals surface area contributed by atoms with E-state index in [1.807, 2.05) is 40.8 Å². The fraction of sp³-hybridized carbons (Fsp3) is 0.571. The first kappa shape index (κ1) is 15.0. The van der Waals surface area contributed by atoms with Crippen molar-refractivity contribution in [2.75, 3.05) is 7.05 Å². The highest BCUT2D eigenvalue weighted by atomic mass is 16.7. The molecule has 106 valence electrons. The molecule has 0 unspecified atom stereocenters. The smallest absolute Gasteiger partial charge is 0.398 e. The topological polar surface area (TPSA) is 67.2 Å². The van der Waals surface area contributed by atoms with Crippen molar-refractivity contribution >= 4 is 12.7 Å². The van der Waals surface area contributed by atoms with Crippen LogP contribution < -0.4 is 10.9 Å². The zero-order chi connectivity index (χ0) is 15.0. The van der Waals surface area contributed by atoms with Crippen molar-refractivity contribution in [1.82, 2.24) is 10.3 Å². The Kier molecular flexibility index (Phi) is 3.87. The first-order chi connectivity index (χ1) is 9.30. The molecular formula is C14H20BN3O2. The van der Waals surface area contributed by atoms with Crippen molar-refractivity contribution in [3.05, 3.63) is 23.4 Å². The van der Waals surface area contributed by atoms with Crippen LogP contribution in [0, 0.1) is 11.3 Å². The lowest BCUT2D eigenvalue weighted by molar-refractivity contribution is 0.00578. The molecule has 1 aromatic heterocycles. The third kappa shape index (κ3) is 2.57. The Morgan fingerprint density at radius 1 is 1.30 bits per heavy atom. The van der Waals surface area contributed by atoms with Gasteiger partial charge in [-0.3, -0.25) is 4.98 Å².